The third-order valence-corrected chi connectivity index (χ3v) is 2.34. The number of amides is 1. The molecule has 76 valence electrons. The third kappa shape index (κ3) is 4.62. The van der Waals surface area contributed by atoms with Gasteiger partial charge in [0.1, 0.15) is 0 Å². The SMILES string of the molecule is CC(Br)CNC(=O)CC1CCCO1. The second-order valence-corrected chi connectivity index (χ2v) is 4.99. The molecule has 13 heavy (non-hydrogen) atoms. The summed E-state index contributed by atoms with van der Waals surface area (Å²) in [6.07, 6.45) is 2.79. The summed E-state index contributed by atoms with van der Waals surface area (Å²) in [6.45, 7) is 3.50. The smallest absolute Gasteiger partial charge is 0.222 e. The molecule has 1 saturated heterocycles. The summed E-state index contributed by atoms with van der Waals surface area (Å²) in [6, 6.07) is 0. The monoisotopic (exact) mass is 249 g/mol. The summed E-state index contributed by atoms with van der Waals surface area (Å²) >= 11 is 3.37. The fraction of sp³-hybridized carbons (Fsp3) is 0.889. The zero-order valence-electron chi connectivity index (χ0n) is 7.88. The Bertz CT molecular complexity index is 167. The van der Waals surface area contributed by atoms with Gasteiger partial charge in [-0.25, -0.2) is 0 Å². The topological polar surface area (TPSA) is 38.3 Å². The number of hydrogen-bond acceptors (Lipinski definition) is 2. The van der Waals surface area contributed by atoms with Crippen LogP contribution >= 0.6 is 15.9 Å². The largest absolute Gasteiger partial charge is 0.378 e. The van der Waals surface area contributed by atoms with Gasteiger partial charge in [0.25, 0.3) is 0 Å². The summed E-state index contributed by atoms with van der Waals surface area (Å²) in [5.74, 6) is 0.0956. The van der Waals surface area contributed by atoms with Gasteiger partial charge < -0.3 is 10.1 Å². The lowest BCUT2D eigenvalue weighted by atomic mass is 10.2. The molecule has 0 aliphatic carbocycles. The minimum absolute atomic E-state index is 0.0956. The van der Waals surface area contributed by atoms with E-state index in [-0.39, 0.29) is 12.0 Å². The van der Waals surface area contributed by atoms with Crippen LogP contribution in [0.1, 0.15) is 26.2 Å². The van der Waals surface area contributed by atoms with E-state index in [1.807, 2.05) is 6.92 Å². The fourth-order valence-electron chi connectivity index (χ4n) is 1.34. The number of rotatable bonds is 4. The van der Waals surface area contributed by atoms with Crippen molar-refractivity contribution >= 4 is 21.8 Å². The van der Waals surface area contributed by atoms with Gasteiger partial charge in [-0.2, -0.15) is 0 Å². The molecular weight excluding hydrogens is 234 g/mol. The Kier molecular flexibility index (Phi) is 4.73. The molecular formula is C9H16BrNO2. The van der Waals surface area contributed by atoms with Crippen molar-refractivity contribution in [3.8, 4) is 0 Å². The van der Waals surface area contributed by atoms with Crippen LogP contribution in [0.2, 0.25) is 0 Å². The Labute approximate surface area is 87.3 Å². The lowest BCUT2D eigenvalue weighted by Crippen LogP contribution is -2.30. The van der Waals surface area contributed by atoms with E-state index in [1.54, 1.807) is 0 Å². The van der Waals surface area contributed by atoms with Gasteiger partial charge in [0.2, 0.25) is 5.91 Å². The molecule has 0 aromatic carbocycles. The first kappa shape index (κ1) is 11.0. The number of alkyl halides is 1. The third-order valence-electron chi connectivity index (χ3n) is 2.02. The molecule has 1 aliphatic rings. The average Bonchev–Trinajstić information content (AvgIpc) is 2.53. The first-order valence-corrected chi connectivity index (χ1v) is 5.62. The highest BCUT2D eigenvalue weighted by Crippen LogP contribution is 2.14. The fourth-order valence-corrected chi connectivity index (χ4v) is 1.50. The predicted octanol–water partition coefficient (Wildman–Crippen LogP) is 1.46. The summed E-state index contributed by atoms with van der Waals surface area (Å²) in [5, 5.41) is 2.84. The molecule has 0 bridgehead atoms. The van der Waals surface area contributed by atoms with Gasteiger partial charge >= 0.3 is 0 Å². The highest BCUT2D eigenvalue weighted by atomic mass is 79.9. The second-order valence-electron chi connectivity index (χ2n) is 3.42. The first-order valence-electron chi connectivity index (χ1n) is 4.71. The van der Waals surface area contributed by atoms with Crippen LogP contribution in [-0.2, 0) is 9.53 Å². The van der Waals surface area contributed by atoms with E-state index in [2.05, 4.69) is 21.2 Å². The lowest BCUT2D eigenvalue weighted by Gasteiger charge is -2.10. The van der Waals surface area contributed by atoms with Gasteiger partial charge in [0.05, 0.1) is 12.5 Å². The molecule has 1 rings (SSSR count). The van der Waals surface area contributed by atoms with E-state index < -0.39 is 0 Å². The van der Waals surface area contributed by atoms with Gasteiger partial charge in [0, 0.05) is 18.0 Å². The Morgan fingerprint density at radius 3 is 3.08 bits per heavy atom. The van der Waals surface area contributed by atoms with Crippen molar-refractivity contribution in [3.63, 3.8) is 0 Å². The van der Waals surface area contributed by atoms with Crippen molar-refractivity contribution < 1.29 is 9.53 Å². The van der Waals surface area contributed by atoms with Crippen LogP contribution in [-0.4, -0.2) is 30.0 Å². The van der Waals surface area contributed by atoms with Crippen molar-refractivity contribution in [1.29, 1.82) is 0 Å². The van der Waals surface area contributed by atoms with E-state index in [4.69, 9.17) is 4.74 Å². The quantitative estimate of drug-likeness (QED) is 0.767. The van der Waals surface area contributed by atoms with Gasteiger partial charge in [0.15, 0.2) is 0 Å². The minimum atomic E-state index is 0.0956. The normalized spacial score (nSPS) is 24.3. The van der Waals surface area contributed by atoms with Gasteiger partial charge in [-0.1, -0.05) is 22.9 Å². The number of carbonyl (C=O) groups is 1. The van der Waals surface area contributed by atoms with Crippen molar-refractivity contribution in [2.24, 2.45) is 0 Å². The van der Waals surface area contributed by atoms with E-state index in [0.29, 0.717) is 17.8 Å². The summed E-state index contributed by atoms with van der Waals surface area (Å²) in [7, 11) is 0. The Balaban J connectivity index is 2.09. The standard InChI is InChI=1S/C9H16BrNO2/c1-7(10)6-11-9(12)5-8-3-2-4-13-8/h7-8H,2-6H2,1H3,(H,11,12). The second kappa shape index (κ2) is 5.60. The molecule has 0 radical (unpaired) electrons. The minimum Gasteiger partial charge on any atom is -0.378 e. The molecule has 2 unspecified atom stereocenters. The molecule has 0 saturated carbocycles. The van der Waals surface area contributed by atoms with Gasteiger partial charge in [-0.3, -0.25) is 4.79 Å². The van der Waals surface area contributed by atoms with Crippen LogP contribution in [0.15, 0.2) is 0 Å². The highest BCUT2D eigenvalue weighted by Gasteiger charge is 2.18. The maximum absolute atomic E-state index is 11.3. The molecule has 0 aromatic heterocycles. The Morgan fingerprint density at radius 2 is 2.54 bits per heavy atom. The van der Waals surface area contributed by atoms with Crippen molar-refractivity contribution in [2.75, 3.05) is 13.2 Å². The van der Waals surface area contributed by atoms with Crippen LogP contribution < -0.4 is 5.32 Å². The van der Waals surface area contributed by atoms with E-state index in [9.17, 15) is 4.79 Å². The van der Waals surface area contributed by atoms with Crippen LogP contribution in [0.5, 0.6) is 0 Å². The number of hydrogen-bond donors (Lipinski definition) is 1. The Morgan fingerprint density at radius 1 is 1.77 bits per heavy atom. The maximum atomic E-state index is 11.3. The number of nitrogens with one attached hydrogen (secondary N) is 1. The number of halogens is 1. The average molecular weight is 250 g/mol. The molecule has 1 heterocycles. The molecule has 1 amide bonds. The van der Waals surface area contributed by atoms with Crippen LogP contribution in [0, 0.1) is 0 Å². The summed E-state index contributed by atoms with van der Waals surface area (Å²) in [5.41, 5.74) is 0. The molecule has 1 aliphatic heterocycles. The summed E-state index contributed by atoms with van der Waals surface area (Å²) < 4.78 is 5.36. The lowest BCUT2D eigenvalue weighted by molar-refractivity contribution is -0.123. The molecule has 4 heteroatoms. The number of ether oxygens (including phenoxy) is 1. The van der Waals surface area contributed by atoms with Crippen LogP contribution in [0.3, 0.4) is 0 Å². The van der Waals surface area contributed by atoms with Crippen molar-refractivity contribution in [1.82, 2.24) is 5.32 Å². The van der Waals surface area contributed by atoms with Gasteiger partial charge in [-0.15, -0.1) is 0 Å². The highest BCUT2D eigenvalue weighted by molar-refractivity contribution is 9.09. The van der Waals surface area contributed by atoms with Crippen molar-refractivity contribution in [2.45, 2.75) is 37.1 Å². The summed E-state index contributed by atoms with van der Waals surface area (Å²) in [4.78, 5) is 11.6. The van der Waals surface area contributed by atoms with E-state index in [0.717, 1.165) is 19.4 Å². The maximum Gasteiger partial charge on any atom is 0.222 e. The van der Waals surface area contributed by atoms with Crippen molar-refractivity contribution in [3.05, 3.63) is 0 Å². The molecule has 1 fully saturated rings. The zero-order valence-corrected chi connectivity index (χ0v) is 9.47. The molecule has 0 aromatic rings. The van der Waals surface area contributed by atoms with E-state index >= 15 is 0 Å². The molecule has 1 N–H and O–H groups in total. The van der Waals surface area contributed by atoms with Crippen LogP contribution in [0.4, 0.5) is 0 Å². The predicted molar refractivity (Wildman–Crippen MR) is 55.0 cm³/mol. The van der Waals surface area contributed by atoms with Gasteiger partial charge in [-0.05, 0) is 12.8 Å². The molecule has 3 nitrogen and oxygen atoms in total. The van der Waals surface area contributed by atoms with E-state index in [1.165, 1.54) is 0 Å². The first-order chi connectivity index (χ1) is 6.18. The Hall–Kier alpha value is -0.0900. The zero-order chi connectivity index (χ0) is 9.68. The molecule has 2 atom stereocenters. The van der Waals surface area contributed by atoms with Crippen LogP contribution in [0.25, 0.3) is 0 Å². The number of carbonyl (C=O) groups excluding carboxylic acids is 1. The molecule has 0 spiro atoms.